The van der Waals surface area contributed by atoms with Crippen molar-refractivity contribution in [1.29, 1.82) is 0 Å². The first kappa shape index (κ1) is 15.4. The van der Waals surface area contributed by atoms with Crippen LogP contribution in [0.5, 0.6) is 0 Å². The zero-order valence-corrected chi connectivity index (χ0v) is 13.0. The molecule has 0 aromatic rings. The molecule has 0 aromatic heterocycles. The molecule has 1 heterocycles. The van der Waals surface area contributed by atoms with E-state index < -0.39 is 12.0 Å². The number of carboxylic acids is 1. The van der Waals surface area contributed by atoms with Crippen molar-refractivity contribution >= 4 is 23.6 Å². The first-order chi connectivity index (χ1) is 9.50. The number of carbonyl (C=O) groups excluding carboxylic acids is 1. The lowest BCUT2D eigenvalue weighted by Gasteiger charge is -2.34. The average molecular weight is 297 g/mol. The Labute approximate surface area is 124 Å². The van der Waals surface area contributed by atoms with Crippen molar-refractivity contribution in [3.63, 3.8) is 0 Å². The summed E-state index contributed by atoms with van der Waals surface area (Å²) >= 11 is 1.64. The first-order valence-electron chi connectivity index (χ1n) is 7.32. The first-order valence-corrected chi connectivity index (χ1v) is 8.37. The number of carbonyl (C=O) groups is 2. The standard InChI is InChI=1S/C15H23NO3S/c1-10(2)8-13(17)16-12(15(18)19)9-20-14(16)11-6-4-3-5-7-11/h8,11-12,14H,3-7,9H2,1-2H3,(H,18,19)/t12-,14+/m1/s1. The number of allylic oxidation sites excluding steroid dienone is 1. The van der Waals surface area contributed by atoms with Gasteiger partial charge in [0.15, 0.2) is 0 Å². The van der Waals surface area contributed by atoms with E-state index in [1.165, 1.54) is 19.3 Å². The summed E-state index contributed by atoms with van der Waals surface area (Å²) in [4.78, 5) is 25.4. The van der Waals surface area contributed by atoms with Crippen LogP contribution in [0.15, 0.2) is 11.6 Å². The molecule has 0 radical (unpaired) electrons. The van der Waals surface area contributed by atoms with E-state index in [2.05, 4.69) is 0 Å². The molecule has 4 nitrogen and oxygen atoms in total. The minimum absolute atomic E-state index is 0.0412. The van der Waals surface area contributed by atoms with Crippen LogP contribution in [0.2, 0.25) is 0 Å². The van der Waals surface area contributed by atoms with Gasteiger partial charge in [-0.3, -0.25) is 4.79 Å². The molecule has 1 N–H and O–H groups in total. The molecule has 1 saturated heterocycles. The lowest BCUT2D eigenvalue weighted by molar-refractivity contribution is -0.147. The smallest absolute Gasteiger partial charge is 0.327 e. The zero-order chi connectivity index (χ0) is 14.7. The van der Waals surface area contributed by atoms with Gasteiger partial charge in [-0.1, -0.05) is 24.8 Å². The molecule has 112 valence electrons. The van der Waals surface area contributed by atoms with Crippen molar-refractivity contribution in [1.82, 2.24) is 4.90 Å². The van der Waals surface area contributed by atoms with Crippen LogP contribution >= 0.6 is 11.8 Å². The summed E-state index contributed by atoms with van der Waals surface area (Å²) < 4.78 is 0. The van der Waals surface area contributed by atoms with Gasteiger partial charge < -0.3 is 10.0 Å². The molecule has 2 fully saturated rings. The van der Waals surface area contributed by atoms with Gasteiger partial charge in [-0.05, 0) is 32.6 Å². The number of aliphatic carboxylic acids is 1. The van der Waals surface area contributed by atoms with Crippen LogP contribution in [-0.4, -0.2) is 39.1 Å². The van der Waals surface area contributed by atoms with Gasteiger partial charge in [0.1, 0.15) is 6.04 Å². The van der Waals surface area contributed by atoms with Crippen LogP contribution in [0.1, 0.15) is 46.0 Å². The average Bonchev–Trinajstić information content (AvgIpc) is 2.83. The van der Waals surface area contributed by atoms with Crippen LogP contribution in [-0.2, 0) is 9.59 Å². The number of thioether (sulfide) groups is 1. The van der Waals surface area contributed by atoms with E-state index in [1.54, 1.807) is 22.7 Å². The zero-order valence-electron chi connectivity index (χ0n) is 12.2. The quantitative estimate of drug-likeness (QED) is 0.814. The maximum Gasteiger partial charge on any atom is 0.327 e. The van der Waals surface area contributed by atoms with E-state index in [9.17, 15) is 14.7 Å². The van der Waals surface area contributed by atoms with Gasteiger partial charge in [0.05, 0.1) is 5.37 Å². The van der Waals surface area contributed by atoms with Gasteiger partial charge >= 0.3 is 5.97 Å². The Morgan fingerprint density at radius 2 is 1.85 bits per heavy atom. The molecule has 1 aliphatic carbocycles. The van der Waals surface area contributed by atoms with Crippen molar-refractivity contribution in [2.45, 2.75) is 57.4 Å². The van der Waals surface area contributed by atoms with E-state index in [-0.39, 0.29) is 11.3 Å². The van der Waals surface area contributed by atoms with Crippen LogP contribution in [0, 0.1) is 5.92 Å². The Morgan fingerprint density at radius 3 is 2.40 bits per heavy atom. The number of rotatable bonds is 3. The highest BCUT2D eigenvalue weighted by Gasteiger charge is 2.44. The van der Waals surface area contributed by atoms with Gasteiger partial charge in [-0.2, -0.15) is 0 Å². The number of amides is 1. The van der Waals surface area contributed by atoms with Crippen LogP contribution in [0.3, 0.4) is 0 Å². The Morgan fingerprint density at radius 1 is 1.20 bits per heavy atom. The molecule has 0 spiro atoms. The molecule has 20 heavy (non-hydrogen) atoms. The molecule has 1 amide bonds. The SMILES string of the molecule is CC(C)=CC(=O)N1[C@@H](C(=O)O)CS[C@H]1C1CCCCC1. The summed E-state index contributed by atoms with van der Waals surface area (Å²) in [5.41, 5.74) is 0.915. The number of carboxylic acid groups (broad SMARTS) is 1. The molecule has 2 rings (SSSR count). The number of hydrogen-bond acceptors (Lipinski definition) is 3. The van der Waals surface area contributed by atoms with Gasteiger partial charge in [0.25, 0.3) is 0 Å². The summed E-state index contributed by atoms with van der Waals surface area (Å²) in [5.74, 6) is -0.0596. The highest BCUT2D eigenvalue weighted by Crippen LogP contribution is 2.40. The van der Waals surface area contributed by atoms with E-state index in [1.807, 2.05) is 13.8 Å². The third-order valence-corrected chi connectivity index (χ3v) is 5.50. The van der Waals surface area contributed by atoms with Crippen molar-refractivity contribution in [3.05, 3.63) is 11.6 Å². The Kier molecular flexibility index (Phi) is 5.13. The lowest BCUT2D eigenvalue weighted by Crippen LogP contribution is -2.47. The minimum atomic E-state index is -0.883. The highest BCUT2D eigenvalue weighted by molar-refractivity contribution is 8.00. The monoisotopic (exact) mass is 297 g/mol. The fourth-order valence-corrected chi connectivity index (χ4v) is 4.74. The molecule has 2 aliphatic rings. The molecule has 2 atom stereocenters. The third-order valence-electron chi connectivity index (χ3n) is 4.04. The maximum atomic E-state index is 12.4. The molecular formula is C15H23NO3S. The van der Waals surface area contributed by atoms with E-state index >= 15 is 0 Å². The van der Waals surface area contributed by atoms with Crippen molar-refractivity contribution in [2.24, 2.45) is 5.92 Å². The molecule has 1 saturated carbocycles. The van der Waals surface area contributed by atoms with Crippen molar-refractivity contribution in [2.75, 3.05) is 5.75 Å². The van der Waals surface area contributed by atoms with Crippen molar-refractivity contribution in [3.8, 4) is 0 Å². The van der Waals surface area contributed by atoms with Crippen LogP contribution in [0.25, 0.3) is 0 Å². The van der Waals surface area contributed by atoms with Crippen LogP contribution < -0.4 is 0 Å². The number of nitrogens with zero attached hydrogens (tertiary/aromatic N) is 1. The normalized spacial score (nSPS) is 27.4. The third kappa shape index (κ3) is 3.37. The van der Waals surface area contributed by atoms with Gasteiger partial charge in [0, 0.05) is 11.8 Å². The largest absolute Gasteiger partial charge is 0.480 e. The number of hydrogen-bond donors (Lipinski definition) is 1. The Hall–Kier alpha value is -0.970. The van der Waals surface area contributed by atoms with E-state index in [4.69, 9.17) is 0 Å². The Balaban J connectivity index is 2.19. The summed E-state index contributed by atoms with van der Waals surface area (Å²) in [6.45, 7) is 3.74. The van der Waals surface area contributed by atoms with Crippen LogP contribution in [0.4, 0.5) is 0 Å². The Bertz CT molecular complexity index is 411. The lowest BCUT2D eigenvalue weighted by atomic mass is 9.88. The van der Waals surface area contributed by atoms with E-state index in [0.29, 0.717) is 11.7 Å². The fraction of sp³-hybridized carbons (Fsp3) is 0.733. The summed E-state index contributed by atoms with van der Waals surface area (Å²) in [6.07, 6.45) is 7.45. The second-order valence-corrected chi connectivity index (χ2v) is 7.09. The molecule has 0 unspecified atom stereocenters. The van der Waals surface area contributed by atoms with Gasteiger partial charge in [-0.25, -0.2) is 4.79 Å². The summed E-state index contributed by atoms with van der Waals surface area (Å²) in [6, 6.07) is -0.671. The topological polar surface area (TPSA) is 57.6 Å². The fourth-order valence-electron chi connectivity index (χ4n) is 3.10. The predicted molar refractivity (Wildman–Crippen MR) is 80.5 cm³/mol. The highest BCUT2D eigenvalue weighted by atomic mass is 32.2. The second kappa shape index (κ2) is 6.66. The molecule has 0 aromatic carbocycles. The molecule has 1 aliphatic heterocycles. The summed E-state index contributed by atoms with van der Waals surface area (Å²) in [7, 11) is 0. The van der Waals surface area contributed by atoms with Gasteiger partial charge in [0.2, 0.25) is 5.91 Å². The second-order valence-electron chi connectivity index (χ2n) is 5.94. The van der Waals surface area contributed by atoms with Gasteiger partial charge in [-0.15, -0.1) is 11.8 Å². The molecular weight excluding hydrogens is 274 g/mol. The maximum absolute atomic E-state index is 12.4. The predicted octanol–water partition coefficient (Wildman–Crippen LogP) is 2.89. The molecule has 0 bridgehead atoms. The van der Waals surface area contributed by atoms with E-state index in [0.717, 1.165) is 18.4 Å². The molecule has 5 heteroatoms. The van der Waals surface area contributed by atoms with Crippen molar-refractivity contribution < 1.29 is 14.7 Å². The minimum Gasteiger partial charge on any atom is -0.480 e. The summed E-state index contributed by atoms with van der Waals surface area (Å²) in [5, 5.41) is 9.40.